The average molecular weight is 367 g/mol. The Bertz CT molecular complexity index is 410. The topological polar surface area (TPSA) is 38.7 Å². The van der Waals surface area contributed by atoms with Gasteiger partial charge in [-0.05, 0) is 49.4 Å². The summed E-state index contributed by atoms with van der Waals surface area (Å²) >= 11 is 0. The molecule has 5 unspecified atom stereocenters. The Morgan fingerprint density at radius 2 is 1.77 bits per heavy atom. The van der Waals surface area contributed by atoms with E-state index in [-0.39, 0.29) is 12.0 Å². The fourth-order valence-corrected chi connectivity index (χ4v) is 5.86. The minimum absolute atomic E-state index is 0.271. The summed E-state index contributed by atoms with van der Waals surface area (Å²) in [4.78, 5) is 0. The molecule has 3 saturated carbocycles. The van der Waals surface area contributed by atoms with E-state index >= 15 is 0 Å². The molecule has 0 radical (unpaired) electrons. The van der Waals surface area contributed by atoms with E-state index in [0.29, 0.717) is 30.7 Å². The number of ether oxygens (including phenoxy) is 2. The predicted octanol–water partition coefficient (Wildman–Crippen LogP) is 5.72. The van der Waals surface area contributed by atoms with Gasteiger partial charge in [0.15, 0.2) is 0 Å². The van der Waals surface area contributed by atoms with Gasteiger partial charge in [-0.2, -0.15) is 0 Å². The van der Waals surface area contributed by atoms with Crippen molar-refractivity contribution < 1.29 is 14.6 Å². The Balaban J connectivity index is 0.000000295. The predicted molar refractivity (Wildman–Crippen MR) is 108 cm³/mol. The minimum atomic E-state index is 0.271. The van der Waals surface area contributed by atoms with Crippen LogP contribution in [0.1, 0.15) is 85.0 Å². The summed E-state index contributed by atoms with van der Waals surface area (Å²) in [5.74, 6) is 1.68. The number of rotatable bonds is 2. The first-order valence-corrected chi connectivity index (χ1v) is 11.1. The largest absolute Gasteiger partial charge is 0.396 e. The van der Waals surface area contributed by atoms with Crippen molar-refractivity contribution in [2.24, 2.45) is 23.2 Å². The highest BCUT2D eigenvalue weighted by atomic mass is 16.7. The maximum Gasteiger partial charge on any atom is 0.147 e. The van der Waals surface area contributed by atoms with E-state index in [2.05, 4.69) is 13.5 Å². The molecular formula is C23H42O3. The van der Waals surface area contributed by atoms with Crippen LogP contribution in [0, 0.1) is 23.2 Å². The number of hydrogen-bond donors (Lipinski definition) is 1. The van der Waals surface area contributed by atoms with Crippen LogP contribution in [0.2, 0.25) is 0 Å². The number of allylic oxidation sites excluding steroid dienone is 1. The normalized spacial score (nSPS) is 38.8. The van der Waals surface area contributed by atoms with E-state index in [9.17, 15) is 5.11 Å². The molecule has 3 aliphatic carbocycles. The molecule has 1 saturated heterocycles. The van der Waals surface area contributed by atoms with E-state index in [1.54, 1.807) is 0 Å². The Hall–Kier alpha value is -0.380. The van der Waals surface area contributed by atoms with Crippen LogP contribution in [-0.2, 0) is 9.47 Å². The monoisotopic (exact) mass is 366 g/mol. The molecule has 0 aromatic rings. The van der Waals surface area contributed by atoms with Crippen molar-refractivity contribution in [3.8, 4) is 0 Å². The first-order valence-electron chi connectivity index (χ1n) is 11.1. The van der Waals surface area contributed by atoms with Gasteiger partial charge in [0.25, 0.3) is 0 Å². The molecule has 152 valence electrons. The smallest absolute Gasteiger partial charge is 0.147 e. The van der Waals surface area contributed by atoms with Gasteiger partial charge in [0, 0.05) is 12.5 Å². The molecule has 0 amide bonds. The fourth-order valence-electron chi connectivity index (χ4n) is 5.86. The van der Waals surface area contributed by atoms with Crippen molar-refractivity contribution in [1.82, 2.24) is 0 Å². The maximum absolute atomic E-state index is 9.38. The number of fused-ring (bicyclic) bond motifs is 3. The minimum Gasteiger partial charge on any atom is -0.396 e. The number of aliphatic hydroxyl groups excluding tert-OH is 1. The zero-order chi connectivity index (χ0) is 19.0. The van der Waals surface area contributed by atoms with Gasteiger partial charge in [-0.1, -0.05) is 65.0 Å². The van der Waals surface area contributed by atoms with E-state index < -0.39 is 0 Å². The Kier molecular flexibility index (Phi) is 9.12. The quantitative estimate of drug-likeness (QED) is 0.635. The van der Waals surface area contributed by atoms with Crippen LogP contribution in [0.5, 0.6) is 0 Å². The lowest BCUT2D eigenvalue weighted by Crippen LogP contribution is -2.54. The zero-order valence-electron chi connectivity index (χ0n) is 17.5. The summed E-state index contributed by atoms with van der Waals surface area (Å²) in [6, 6.07) is 0. The Morgan fingerprint density at radius 1 is 1.12 bits per heavy atom. The standard InChI is InChI=1S/C16H26O3.C5H10.C2H6/c1-11-3-4-14-12-9-18-10-19-15(12)5-7-16(14,2)13(11)6-8-17;1-2-4-5-3-1;1-2/h12-15,17H,1,3-10H2,2H3;1-5H2;1-2H3. The maximum atomic E-state index is 9.38. The SMILES string of the molecule is C1CCCC1.C=C1CCC2C3COCOC3CCC2(C)C1CCO.CC. The molecule has 3 nitrogen and oxygen atoms in total. The molecule has 1 N–H and O–H groups in total. The van der Waals surface area contributed by atoms with Crippen LogP contribution in [0.25, 0.3) is 0 Å². The molecule has 26 heavy (non-hydrogen) atoms. The molecule has 0 bridgehead atoms. The average Bonchev–Trinajstić information content (AvgIpc) is 3.26. The summed E-state index contributed by atoms with van der Waals surface area (Å²) in [5, 5.41) is 9.38. The molecule has 4 rings (SSSR count). The van der Waals surface area contributed by atoms with Gasteiger partial charge in [0.05, 0.1) is 12.7 Å². The molecule has 0 spiro atoms. The van der Waals surface area contributed by atoms with Gasteiger partial charge >= 0.3 is 0 Å². The Labute approximate surface area is 161 Å². The van der Waals surface area contributed by atoms with Crippen molar-refractivity contribution in [2.45, 2.75) is 91.1 Å². The lowest BCUT2D eigenvalue weighted by molar-refractivity contribution is -0.218. The van der Waals surface area contributed by atoms with Gasteiger partial charge in [-0.25, -0.2) is 0 Å². The molecule has 5 atom stereocenters. The van der Waals surface area contributed by atoms with Crippen LogP contribution in [0.4, 0.5) is 0 Å². The van der Waals surface area contributed by atoms with Crippen molar-refractivity contribution in [2.75, 3.05) is 20.0 Å². The van der Waals surface area contributed by atoms with Crippen LogP contribution < -0.4 is 0 Å². The molecule has 3 heteroatoms. The van der Waals surface area contributed by atoms with Crippen molar-refractivity contribution in [3.05, 3.63) is 12.2 Å². The number of hydrogen-bond acceptors (Lipinski definition) is 3. The highest BCUT2D eigenvalue weighted by molar-refractivity contribution is 5.15. The first kappa shape index (κ1) is 21.9. The second kappa shape index (κ2) is 10.8. The molecule has 4 fully saturated rings. The molecule has 1 aliphatic heterocycles. The van der Waals surface area contributed by atoms with Crippen LogP contribution in [-0.4, -0.2) is 31.2 Å². The van der Waals surface area contributed by atoms with Crippen LogP contribution >= 0.6 is 0 Å². The fraction of sp³-hybridized carbons (Fsp3) is 0.913. The molecule has 1 heterocycles. The molecule has 0 aromatic carbocycles. The van der Waals surface area contributed by atoms with Gasteiger partial charge in [-0.3, -0.25) is 0 Å². The van der Waals surface area contributed by atoms with Crippen molar-refractivity contribution in [1.29, 1.82) is 0 Å². The molecular weight excluding hydrogens is 324 g/mol. The third-order valence-corrected chi connectivity index (χ3v) is 7.22. The highest BCUT2D eigenvalue weighted by Gasteiger charge is 2.53. The van der Waals surface area contributed by atoms with E-state index in [4.69, 9.17) is 9.47 Å². The molecule has 0 aromatic heterocycles. The van der Waals surface area contributed by atoms with Crippen molar-refractivity contribution in [3.63, 3.8) is 0 Å². The summed E-state index contributed by atoms with van der Waals surface area (Å²) in [6.07, 6.45) is 13.4. The van der Waals surface area contributed by atoms with Crippen molar-refractivity contribution >= 4 is 0 Å². The van der Waals surface area contributed by atoms with E-state index in [1.165, 1.54) is 50.5 Å². The van der Waals surface area contributed by atoms with Crippen LogP contribution in [0.15, 0.2) is 12.2 Å². The summed E-state index contributed by atoms with van der Waals surface area (Å²) in [6.45, 7) is 12.3. The Morgan fingerprint density at radius 3 is 2.38 bits per heavy atom. The van der Waals surface area contributed by atoms with Gasteiger partial charge < -0.3 is 14.6 Å². The summed E-state index contributed by atoms with van der Waals surface area (Å²) in [5.41, 5.74) is 1.63. The van der Waals surface area contributed by atoms with Gasteiger partial charge in [0.1, 0.15) is 6.79 Å². The zero-order valence-corrected chi connectivity index (χ0v) is 17.5. The lowest BCUT2D eigenvalue weighted by Gasteiger charge is -2.57. The highest BCUT2D eigenvalue weighted by Crippen LogP contribution is 2.58. The summed E-state index contributed by atoms with van der Waals surface area (Å²) in [7, 11) is 0. The van der Waals surface area contributed by atoms with E-state index in [1.807, 2.05) is 13.8 Å². The van der Waals surface area contributed by atoms with Gasteiger partial charge in [-0.15, -0.1) is 0 Å². The summed E-state index contributed by atoms with van der Waals surface area (Å²) < 4.78 is 11.4. The van der Waals surface area contributed by atoms with E-state index in [0.717, 1.165) is 25.9 Å². The lowest BCUT2D eigenvalue weighted by atomic mass is 9.50. The number of aliphatic hydroxyl groups is 1. The second-order valence-electron chi connectivity index (χ2n) is 8.54. The second-order valence-corrected chi connectivity index (χ2v) is 8.54. The molecule has 4 aliphatic rings. The first-order chi connectivity index (χ1) is 12.7. The van der Waals surface area contributed by atoms with Crippen LogP contribution in [0.3, 0.4) is 0 Å². The third kappa shape index (κ3) is 4.91. The van der Waals surface area contributed by atoms with Gasteiger partial charge in [0.2, 0.25) is 0 Å². The third-order valence-electron chi connectivity index (χ3n) is 7.22.